The van der Waals surface area contributed by atoms with E-state index < -0.39 is 5.97 Å². The molecule has 0 atom stereocenters. The smallest absolute Gasteiger partial charge is 0.331 e. The van der Waals surface area contributed by atoms with E-state index in [1.165, 1.54) is 6.08 Å². The van der Waals surface area contributed by atoms with E-state index in [-0.39, 0.29) is 19.2 Å². The summed E-state index contributed by atoms with van der Waals surface area (Å²) in [4.78, 5) is 24.5. The quantitative estimate of drug-likeness (QED) is 0.279. The van der Waals surface area contributed by atoms with Gasteiger partial charge in [0.05, 0.1) is 0 Å². The molecule has 0 saturated carbocycles. The Bertz CT molecular complexity index is 928. The number of aryl methyl sites for hydroxylation is 1. The summed E-state index contributed by atoms with van der Waals surface area (Å²) in [6, 6.07) is 7.19. The van der Waals surface area contributed by atoms with Gasteiger partial charge in [0.2, 0.25) is 12.6 Å². The fourth-order valence-corrected chi connectivity index (χ4v) is 3.24. The van der Waals surface area contributed by atoms with Crippen molar-refractivity contribution < 1.29 is 28.5 Å². The zero-order chi connectivity index (χ0) is 20.8. The molecule has 0 fully saturated rings. The fourth-order valence-electron chi connectivity index (χ4n) is 3.24. The number of benzene rings is 1. The second kappa shape index (κ2) is 9.43. The molecular formula is C22H25NO6. The van der Waals surface area contributed by atoms with Crippen LogP contribution < -0.4 is 9.47 Å². The van der Waals surface area contributed by atoms with Crippen molar-refractivity contribution in [3.63, 3.8) is 0 Å². The van der Waals surface area contributed by atoms with Crippen molar-refractivity contribution >= 4 is 17.8 Å². The number of nitrogens with zero attached hydrogens (tertiary/aromatic N) is 1. The van der Waals surface area contributed by atoms with Crippen LogP contribution in [0.15, 0.2) is 30.3 Å². The molecule has 7 heteroatoms. The Balaban J connectivity index is 1.55. The molecule has 0 amide bonds. The van der Waals surface area contributed by atoms with Crippen LogP contribution in [0.3, 0.4) is 0 Å². The monoisotopic (exact) mass is 399 g/mol. The molecule has 3 rings (SSSR count). The molecule has 1 aromatic carbocycles. The Morgan fingerprint density at radius 3 is 2.76 bits per heavy atom. The molecule has 0 radical (unpaired) electrons. The molecule has 0 spiro atoms. The topological polar surface area (TPSA) is 76.0 Å². The molecule has 154 valence electrons. The van der Waals surface area contributed by atoms with Crippen LogP contribution in [0.5, 0.6) is 11.5 Å². The maximum atomic E-state index is 12.5. The Morgan fingerprint density at radius 2 is 1.97 bits per heavy atom. The summed E-state index contributed by atoms with van der Waals surface area (Å²) in [6.07, 6.45) is 3.76. The van der Waals surface area contributed by atoms with Gasteiger partial charge in [0.15, 0.2) is 18.1 Å². The number of hydrogen-bond donors (Lipinski definition) is 0. The molecule has 0 unspecified atom stereocenters. The highest BCUT2D eigenvalue weighted by molar-refractivity contribution is 6.00. The highest BCUT2D eigenvalue weighted by Gasteiger charge is 2.17. The first-order valence-electron chi connectivity index (χ1n) is 9.43. The van der Waals surface area contributed by atoms with Gasteiger partial charge in [-0.3, -0.25) is 4.79 Å². The van der Waals surface area contributed by atoms with Crippen molar-refractivity contribution in [2.75, 3.05) is 27.1 Å². The van der Waals surface area contributed by atoms with Gasteiger partial charge in [0.1, 0.15) is 0 Å². The Labute approximate surface area is 169 Å². The first-order valence-corrected chi connectivity index (χ1v) is 9.43. The van der Waals surface area contributed by atoms with Crippen LogP contribution in [0.1, 0.15) is 33.7 Å². The Hall–Kier alpha value is -3.06. The number of rotatable bonds is 9. The van der Waals surface area contributed by atoms with Crippen LogP contribution in [0, 0.1) is 13.8 Å². The van der Waals surface area contributed by atoms with Gasteiger partial charge in [-0.05, 0) is 50.1 Å². The van der Waals surface area contributed by atoms with Gasteiger partial charge in [-0.15, -0.1) is 0 Å². The molecule has 1 aliphatic heterocycles. The van der Waals surface area contributed by atoms with E-state index in [2.05, 4.69) is 4.57 Å². The first kappa shape index (κ1) is 20.7. The van der Waals surface area contributed by atoms with Gasteiger partial charge >= 0.3 is 5.97 Å². The van der Waals surface area contributed by atoms with Crippen LogP contribution in [-0.2, 0) is 20.8 Å². The number of fused-ring (bicyclic) bond motifs is 1. The van der Waals surface area contributed by atoms with Gasteiger partial charge in [-0.1, -0.05) is 6.07 Å². The second-order valence-electron chi connectivity index (χ2n) is 6.76. The molecule has 1 aromatic heterocycles. The standard InChI is InChI=1S/C22H25NO6/c1-15-11-18(16(2)23(15)9-4-10-26-3)19(24)13-27-22(25)8-6-17-5-7-20-21(12-17)29-14-28-20/h5-8,11-12H,4,9-10,13-14H2,1-3H3/b8-6+. The number of ketones is 1. The van der Waals surface area contributed by atoms with E-state index in [4.69, 9.17) is 18.9 Å². The molecule has 1 aliphatic rings. The predicted octanol–water partition coefficient (Wildman–Crippen LogP) is 3.31. The highest BCUT2D eigenvalue weighted by Crippen LogP contribution is 2.32. The van der Waals surface area contributed by atoms with Gasteiger partial charge < -0.3 is 23.5 Å². The van der Waals surface area contributed by atoms with Crippen molar-refractivity contribution in [1.82, 2.24) is 4.57 Å². The van der Waals surface area contributed by atoms with E-state index in [0.717, 1.165) is 29.9 Å². The lowest BCUT2D eigenvalue weighted by Crippen LogP contribution is -2.14. The van der Waals surface area contributed by atoms with Gasteiger partial charge in [0.25, 0.3) is 0 Å². The average molecular weight is 399 g/mol. The van der Waals surface area contributed by atoms with Gasteiger partial charge in [0, 0.05) is 43.3 Å². The lowest BCUT2D eigenvalue weighted by Gasteiger charge is -2.09. The third kappa shape index (κ3) is 5.06. The molecular weight excluding hydrogens is 374 g/mol. The number of esters is 1. The summed E-state index contributed by atoms with van der Waals surface area (Å²) >= 11 is 0. The summed E-state index contributed by atoms with van der Waals surface area (Å²) in [5, 5.41) is 0. The maximum Gasteiger partial charge on any atom is 0.331 e. The third-order valence-corrected chi connectivity index (χ3v) is 4.76. The summed E-state index contributed by atoms with van der Waals surface area (Å²) in [5.41, 5.74) is 3.22. The van der Waals surface area contributed by atoms with Crippen LogP contribution in [0.2, 0.25) is 0 Å². The van der Waals surface area contributed by atoms with Crippen LogP contribution in [-0.4, -0.2) is 43.4 Å². The third-order valence-electron chi connectivity index (χ3n) is 4.76. The van der Waals surface area contributed by atoms with Crippen LogP contribution in [0.4, 0.5) is 0 Å². The zero-order valence-electron chi connectivity index (χ0n) is 16.9. The second-order valence-corrected chi connectivity index (χ2v) is 6.76. The number of hydrogen-bond acceptors (Lipinski definition) is 6. The Kier molecular flexibility index (Phi) is 6.72. The maximum absolute atomic E-state index is 12.5. The average Bonchev–Trinajstić information content (AvgIpc) is 3.29. The molecule has 0 aliphatic carbocycles. The number of carbonyl (C=O) groups excluding carboxylic acids is 2. The normalized spacial score (nSPS) is 12.5. The summed E-state index contributed by atoms with van der Waals surface area (Å²) in [5.74, 6) is 0.512. The number of aromatic nitrogens is 1. The highest BCUT2D eigenvalue weighted by atomic mass is 16.7. The van der Waals surface area contributed by atoms with E-state index >= 15 is 0 Å². The van der Waals surface area contributed by atoms with E-state index in [1.807, 2.05) is 19.9 Å². The minimum Gasteiger partial charge on any atom is -0.454 e. The number of ether oxygens (including phenoxy) is 4. The van der Waals surface area contributed by atoms with E-state index in [9.17, 15) is 9.59 Å². The minimum atomic E-state index is -0.579. The molecule has 2 aromatic rings. The van der Waals surface area contributed by atoms with E-state index in [1.54, 1.807) is 31.4 Å². The molecule has 7 nitrogen and oxygen atoms in total. The van der Waals surface area contributed by atoms with Crippen molar-refractivity contribution in [2.24, 2.45) is 0 Å². The summed E-state index contributed by atoms with van der Waals surface area (Å²) in [6.45, 7) is 5.18. The summed E-state index contributed by atoms with van der Waals surface area (Å²) < 4.78 is 22.8. The van der Waals surface area contributed by atoms with Crippen molar-refractivity contribution in [1.29, 1.82) is 0 Å². The van der Waals surface area contributed by atoms with Crippen molar-refractivity contribution in [2.45, 2.75) is 26.8 Å². The molecule has 0 saturated heterocycles. The van der Waals surface area contributed by atoms with Gasteiger partial charge in [-0.25, -0.2) is 4.79 Å². The fraction of sp³-hybridized carbons (Fsp3) is 0.364. The lowest BCUT2D eigenvalue weighted by molar-refractivity contribution is -0.136. The molecule has 29 heavy (non-hydrogen) atoms. The number of methoxy groups -OCH3 is 1. The van der Waals surface area contributed by atoms with Crippen LogP contribution >= 0.6 is 0 Å². The van der Waals surface area contributed by atoms with Crippen molar-refractivity contribution in [3.05, 3.63) is 52.9 Å². The van der Waals surface area contributed by atoms with Crippen LogP contribution in [0.25, 0.3) is 6.08 Å². The Morgan fingerprint density at radius 1 is 1.17 bits per heavy atom. The molecule has 2 heterocycles. The molecule has 0 N–H and O–H groups in total. The largest absolute Gasteiger partial charge is 0.454 e. The van der Waals surface area contributed by atoms with Crippen molar-refractivity contribution in [3.8, 4) is 11.5 Å². The number of carbonyl (C=O) groups is 2. The lowest BCUT2D eigenvalue weighted by atomic mass is 10.1. The predicted molar refractivity (Wildman–Crippen MR) is 107 cm³/mol. The van der Waals surface area contributed by atoms with E-state index in [0.29, 0.717) is 23.7 Å². The SMILES string of the molecule is COCCCn1c(C)cc(C(=O)COC(=O)/C=C/c2ccc3c(c2)OCO3)c1C. The summed E-state index contributed by atoms with van der Waals surface area (Å²) in [7, 11) is 1.67. The zero-order valence-corrected chi connectivity index (χ0v) is 16.9. The number of Topliss-reactive ketones (excluding diaryl/α,β-unsaturated/α-hetero) is 1. The van der Waals surface area contributed by atoms with Gasteiger partial charge in [-0.2, -0.15) is 0 Å². The molecule has 0 bridgehead atoms. The minimum absolute atomic E-state index is 0.194. The first-order chi connectivity index (χ1) is 14.0.